The van der Waals surface area contributed by atoms with Crippen molar-refractivity contribution in [2.24, 2.45) is 0 Å². The highest BCUT2D eigenvalue weighted by molar-refractivity contribution is 7.17. The van der Waals surface area contributed by atoms with Gasteiger partial charge in [0.25, 0.3) is 5.91 Å². The zero-order chi connectivity index (χ0) is 21.1. The van der Waals surface area contributed by atoms with Crippen LogP contribution in [0.1, 0.15) is 16.1 Å². The van der Waals surface area contributed by atoms with E-state index in [-0.39, 0.29) is 5.91 Å². The summed E-state index contributed by atoms with van der Waals surface area (Å²) in [5.74, 6) is -0.0691. The molecule has 6 heteroatoms. The maximum atomic E-state index is 12.7. The van der Waals surface area contributed by atoms with Crippen molar-refractivity contribution < 1.29 is 4.79 Å². The second-order valence-corrected chi connectivity index (χ2v) is 8.91. The van der Waals surface area contributed by atoms with Gasteiger partial charge in [0.15, 0.2) is 0 Å². The molecule has 1 aliphatic rings. The van der Waals surface area contributed by atoms with Crippen molar-refractivity contribution in [3.8, 4) is 10.4 Å². The molecule has 1 unspecified atom stereocenters. The molecule has 4 rings (SSSR count). The monoisotopic (exact) mass is 420 g/mol. The lowest BCUT2D eigenvalue weighted by atomic mass is 10.1. The van der Waals surface area contributed by atoms with Crippen LogP contribution >= 0.6 is 11.3 Å². The molecule has 30 heavy (non-hydrogen) atoms. The number of benzene rings is 2. The van der Waals surface area contributed by atoms with Gasteiger partial charge in [0.05, 0.1) is 4.88 Å². The second kappa shape index (κ2) is 8.90. The van der Waals surface area contributed by atoms with E-state index in [0.717, 1.165) is 41.3 Å². The van der Waals surface area contributed by atoms with E-state index in [2.05, 4.69) is 56.8 Å². The number of amides is 1. The van der Waals surface area contributed by atoms with E-state index in [9.17, 15) is 4.79 Å². The number of hydrogen-bond donors (Lipinski definition) is 2. The molecule has 2 aromatic carbocycles. The Labute approximate surface area is 182 Å². The lowest BCUT2D eigenvalue weighted by molar-refractivity contribution is 0.103. The van der Waals surface area contributed by atoms with Crippen LogP contribution in [0.5, 0.6) is 0 Å². The fourth-order valence-corrected chi connectivity index (χ4v) is 4.62. The number of carbonyl (C=O) groups excluding carboxylic acids is 1. The first-order valence-corrected chi connectivity index (χ1v) is 11.1. The van der Waals surface area contributed by atoms with Gasteiger partial charge in [0, 0.05) is 55.2 Å². The summed E-state index contributed by atoms with van der Waals surface area (Å²) < 4.78 is 0. The van der Waals surface area contributed by atoms with Crippen molar-refractivity contribution in [1.82, 2.24) is 5.32 Å². The Morgan fingerprint density at radius 2 is 1.77 bits per heavy atom. The van der Waals surface area contributed by atoms with Crippen LogP contribution in [-0.4, -0.2) is 46.2 Å². The minimum Gasteiger partial charge on any atom is -0.378 e. The highest BCUT2D eigenvalue weighted by Gasteiger charge is 2.21. The minimum absolute atomic E-state index is 0.0691. The number of thiophene rings is 1. The van der Waals surface area contributed by atoms with Gasteiger partial charge in [-0.05, 0) is 67.6 Å². The summed E-state index contributed by atoms with van der Waals surface area (Å²) in [6, 6.07) is 21.0. The quantitative estimate of drug-likeness (QED) is 0.615. The van der Waals surface area contributed by atoms with Crippen molar-refractivity contribution in [1.29, 1.82) is 0 Å². The lowest BCUT2D eigenvalue weighted by Crippen LogP contribution is -2.29. The van der Waals surface area contributed by atoms with E-state index in [1.54, 1.807) is 0 Å². The lowest BCUT2D eigenvalue weighted by Gasteiger charge is -2.19. The largest absolute Gasteiger partial charge is 0.378 e. The maximum absolute atomic E-state index is 12.7. The van der Waals surface area contributed by atoms with E-state index in [0.29, 0.717) is 10.9 Å². The standard InChI is InChI=1S/C24H28N4OS/c1-25-19-14-15-28(16-19)21-10-6-18(7-11-21)26-24(29)23-13-12-22(30-23)17-4-8-20(9-5-17)27(2)3/h4-13,19,25H,14-16H2,1-3H3,(H,26,29). The van der Waals surface area contributed by atoms with Gasteiger partial charge in [-0.2, -0.15) is 0 Å². The van der Waals surface area contributed by atoms with Gasteiger partial charge in [-0.3, -0.25) is 4.79 Å². The highest BCUT2D eigenvalue weighted by atomic mass is 32.1. The van der Waals surface area contributed by atoms with Crippen LogP contribution in [0.2, 0.25) is 0 Å². The zero-order valence-corrected chi connectivity index (χ0v) is 18.5. The summed E-state index contributed by atoms with van der Waals surface area (Å²) in [6.45, 7) is 2.08. The first-order valence-electron chi connectivity index (χ1n) is 10.2. The zero-order valence-electron chi connectivity index (χ0n) is 17.7. The average molecular weight is 421 g/mol. The fraction of sp³-hybridized carbons (Fsp3) is 0.292. The molecule has 5 nitrogen and oxygen atoms in total. The van der Waals surface area contributed by atoms with Crippen LogP contribution in [-0.2, 0) is 0 Å². The summed E-state index contributed by atoms with van der Waals surface area (Å²) in [7, 11) is 6.07. The van der Waals surface area contributed by atoms with Crippen molar-refractivity contribution in [3.05, 3.63) is 65.5 Å². The van der Waals surface area contributed by atoms with Gasteiger partial charge < -0.3 is 20.4 Å². The summed E-state index contributed by atoms with van der Waals surface area (Å²) >= 11 is 1.51. The number of nitrogens with zero attached hydrogens (tertiary/aromatic N) is 2. The van der Waals surface area contributed by atoms with Crippen molar-refractivity contribution in [2.75, 3.05) is 49.3 Å². The average Bonchev–Trinajstić information content (AvgIpc) is 3.44. The third-order valence-electron chi connectivity index (χ3n) is 5.58. The van der Waals surface area contributed by atoms with E-state index in [4.69, 9.17) is 0 Å². The number of rotatable bonds is 6. The topological polar surface area (TPSA) is 47.6 Å². The molecule has 1 amide bonds. The Morgan fingerprint density at radius 3 is 2.40 bits per heavy atom. The molecule has 1 fully saturated rings. The molecule has 0 aliphatic carbocycles. The van der Waals surface area contributed by atoms with Crippen LogP contribution in [0.3, 0.4) is 0 Å². The Balaban J connectivity index is 1.39. The van der Waals surface area contributed by atoms with Gasteiger partial charge in [-0.1, -0.05) is 12.1 Å². The van der Waals surface area contributed by atoms with E-state index >= 15 is 0 Å². The molecule has 1 atom stereocenters. The van der Waals surface area contributed by atoms with Gasteiger partial charge >= 0.3 is 0 Å². The molecule has 1 aliphatic heterocycles. The maximum Gasteiger partial charge on any atom is 0.265 e. The Hall–Kier alpha value is -2.83. The molecule has 0 spiro atoms. The number of hydrogen-bond acceptors (Lipinski definition) is 5. The summed E-state index contributed by atoms with van der Waals surface area (Å²) in [6.07, 6.45) is 1.16. The fourth-order valence-electron chi connectivity index (χ4n) is 3.72. The highest BCUT2D eigenvalue weighted by Crippen LogP contribution is 2.30. The van der Waals surface area contributed by atoms with Crippen LogP contribution in [0.4, 0.5) is 17.1 Å². The van der Waals surface area contributed by atoms with Crippen LogP contribution in [0.15, 0.2) is 60.7 Å². The number of anilines is 3. The molecule has 2 N–H and O–H groups in total. The Morgan fingerprint density at radius 1 is 1.03 bits per heavy atom. The first-order chi connectivity index (χ1) is 14.5. The molecule has 3 aromatic rings. The van der Waals surface area contributed by atoms with Gasteiger partial charge in [0.2, 0.25) is 0 Å². The summed E-state index contributed by atoms with van der Waals surface area (Å²) in [5.41, 5.74) is 4.30. The Bertz CT molecular complexity index is 995. The van der Waals surface area contributed by atoms with Crippen LogP contribution in [0, 0.1) is 0 Å². The molecular formula is C24H28N4OS. The second-order valence-electron chi connectivity index (χ2n) is 7.83. The summed E-state index contributed by atoms with van der Waals surface area (Å²) in [5, 5.41) is 6.36. The van der Waals surface area contributed by atoms with Gasteiger partial charge in [-0.15, -0.1) is 11.3 Å². The normalized spacial score (nSPS) is 16.0. The summed E-state index contributed by atoms with van der Waals surface area (Å²) in [4.78, 5) is 19.0. The number of likely N-dealkylation sites (N-methyl/N-ethyl adjacent to an activating group) is 1. The van der Waals surface area contributed by atoms with E-state index < -0.39 is 0 Å². The van der Waals surface area contributed by atoms with Crippen LogP contribution < -0.4 is 20.4 Å². The van der Waals surface area contributed by atoms with Crippen molar-refractivity contribution in [3.63, 3.8) is 0 Å². The smallest absolute Gasteiger partial charge is 0.265 e. The molecule has 156 valence electrons. The third-order valence-corrected chi connectivity index (χ3v) is 6.72. The molecular weight excluding hydrogens is 392 g/mol. The van der Waals surface area contributed by atoms with Gasteiger partial charge in [-0.25, -0.2) is 0 Å². The van der Waals surface area contributed by atoms with Crippen molar-refractivity contribution in [2.45, 2.75) is 12.5 Å². The molecule has 2 heterocycles. The Kier molecular flexibility index (Phi) is 6.06. The first kappa shape index (κ1) is 20.4. The molecule has 0 bridgehead atoms. The van der Waals surface area contributed by atoms with Gasteiger partial charge in [0.1, 0.15) is 0 Å². The minimum atomic E-state index is -0.0691. The molecule has 0 radical (unpaired) electrons. The molecule has 0 saturated carbocycles. The van der Waals surface area contributed by atoms with Crippen LogP contribution in [0.25, 0.3) is 10.4 Å². The van der Waals surface area contributed by atoms with E-state index in [1.807, 2.05) is 45.4 Å². The predicted octanol–water partition coefficient (Wildman–Crippen LogP) is 4.53. The number of nitrogens with one attached hydrogen (secondary N) is 2. The molecule has 1 aromatic heterocycles. The predicted molar refractivity (Wildman–Crippen MR) is 128 cm³/mol. The van der Waals surface area contributed by atoms with E-state index in [1.165, 1.54) is 17.0 Å². The SMILES string of the molecule is CNC1CCN(c2ccc(NC(=O)c3ccc(-c4ccc(N(C)C)cc4)s3)cc2)C1. The molecule has 1 saturated heterocycles. The van der Waals surface area contributed by atoms with Crippen molar-refractivity contribution >= 4 is 34.3 Å². The third kappa shape index (κ3) is 4.50. The number of carbonyl (C=O) groups is 1.